The molecule has 0 spiro atoms. The first kappa shape index (κ1) is 31.5. The van der Waals surface area contributed by atoms with E-state index in [0.29, 0.717) is 19.3 Å². The third-order valence-corrected chi connectivity index (χ3v) is 12.9. The molecule has 5 aliphatic rings. The first-order chi connectivity index (χ1) is 20.5. The van der Waals surface area contributed by atoms with Crippen molar-refractivity contribution >= 4 is 35.0 Å². The number of ketones is 1. The summed E-state index contributed by atoms with van der Waals surface area (Å²) in [7, 11) is 0. The molecule has 13 heteroatoms. The molecule has 6 rings (SSSR count). The lowest BCUT2D eigenvalue weighted by Crippen LogP contribution is -2.76. The highest BCUT2D eigenvalue weighted by Crippen LogP contribution is 2.75. The summed E-state index contributed by atoms with van der Waals surface area (Å²) in [4.78, 5) is 42.5. The zero-order valence-corrected chi connectivity index (χ0v) is 26.9. The van der Waals surface area contributed by atoms with Gasteiger partial charge in [0.25, 0.3) is 5.09 Å². The summed E-state index contributed by atoms with van der Waals surface area (Å²) >= 11 is 14.5. The van der Waals surface area contributed by atoms with E-state index in [2.05, 4.69) is 0 Å². The minimum Gasteiger partial charge on any atom is -0.783 e. The van der Waals surface area contributed by atoms with Gasteiger partial charge in [0, 0.05) is 22.3 Å². The van der Waals surface area contributed by atoms with Crippen LogP contribution in [0.1, 0.15) is 70.9 Å². The Balaban J connectivity index is 1.58. The summed E-state index contributed by atoms with van der Waals surface area (Å²) in [5, 5.41) is 26.4. The number of carbonyl (C=O) groups excluding carboxylic acids is 2. The molecule has 0 amide bonds. The maximum atomic E-state index is 14.4. The van der Waals surface area contributed by atoms with Crippen LogP contribution in [0.3, 0.4) is 0 Å². The van der Waals surface area contributed by atoms with Crippen molar-refractivity contribution in [2.45, 2.75) is 88.1 Å². The van der Waals surface area contributed by atoms with E-state index < -0.39 is 61.6 Å². The number of fused-ring (bicyclic) bond motifs is 5. The second-order valence-electron chi connectivity index (χ2n) is 14.1. The predicted molar refractivity (Wildman–Crippen MR) is 159 cm³/mol. The Morgan fingerprint density at radius 2 is 1.98 bits per heavy atom. The van der Waals surface area contributed by atoms with E-state index in [1.807, 2.05) is 20.8 Å². The van der Waals surface area contributed by atoms with Crippen molar-refractivity contribution in [3.63, 3.8) is 0 Å². The smallest absolute Gasteiger partial charge is 0.374 e. The molecule has 44 heavy (non-hydrogen) atoms. The summed E-state index contributed by atoms with van der Waals surface area (Å²) in [5.74, 6) is -2.60. The molecule has 11 nitrogen and oxygen atoms in total. The quantitative estimate of drug-likeness (QED) is 0.160. The molecule has 4 fully saturated rings. The third kappa shape index (κ3) is 3.79. The van der Waals surface area contributed by atoms with E-state index in [4.69, 9.17) is 41.9 Å². The van der Waals surface area contributed by atoms with Gasteiger partial charge in [-0.05, 0) is 75.7 Å². The molecule has 3 unspecified atom stereocenters. The number of hydrogen-bond donors (Lipinski definition) is 0. The van der Waals surface area contributed by atoms with Crippen molar-refractivity contribution in [3.8, 4) is 0 Å². The predicted octanol–water partition coefficient (Wildman–Crippen LogP) is 5.82. The van der Waals surface area contributed by atoms with Crippen LogP contribution in [0.4, 0.5) is 0 Å². The second-order valence-corrected chi connectivity index (χ2v) is 15.0. The molecule has 1 saturated heterocycles. The average molecular weight is 653 g/mol. The second kappa shape index (κ2) is 10.0. The van der Waals surface area contributed by atoms with Crippen LogP contribution < -0.4 is 0 Å². The van der Waals surface area contributed by atoms with Crippen molar-refractivity contribution in [1.29, 1.82) is 0 Å². The van der Waals surface area contributed by atoms with Gasteiger partial charge >= 0.3 is 5.97 Å². The Labute approximate surface area is 265 Å². The number of hydroxylamine groups is 2. The molecular formula is C31H37Cl2N2O9-. The molecule has 240 valence electrons. The van der Waals surface area contributed by atoms with Gasteiger partial charge in [0.2, 0.25) is 5.76 Å². The monoisotopic (exact) mass is 651 g/mol. The first-order valence-electron chi connectivity index (χ1n) is 14.9. The van der Waals surface area contributed by atoms with Crippen molar-refractivity contribution in [2.75, 3.05) is 12.5 Å². The number of nitrogens with zero attached hydrogens (tertiary/aromatic N) is 2. The van der Waals surface area contributed by atoms with Crippen molar-refractivity contribution in [3.05, 3.63) is 63.3 Å². The van der Waals surface area contributed by atoms with Gasteiger partial charge in [0.05, 0.1) is 23.6 Å². The molecule has 1 aromatic rings. The Morgan fingerprint density at radius 3 is 2.57 bits per heavy atom. The fourth-order valence-electron chi connectivity index (χ4n) is 9.78. The third-order valence-electron chi connectivity index (χ3n) is 11.6. The molecule has 3 saturated carbocycles. The standard InChI is InChI=1S/C31H37Cl2N2O9/c1-18-13-22-21-9-8-19-14-20(36)10-11-27(19,4)30(21,33)24(44-35(39)40)15-28(22,5)31(18,43-25(37)23-7-6-12-41-23)29(16-32)34(38)26(2,3)17-42-29/h6-7,10-12,14,18,21-22,24H,8-9,13,15-17H2,1-5H3/q-1/t18-,21?,22?,24+,27+,28+,29?,30+,31-/m1/s1. The maximum absolute atomic E-state index is 14.4. The van der Waals surface area contributed by atoms with Crippen LogP contribution in [0.2, 0.25) is 0 Å². The van der Waals surface area contributed by atoms with Crippen molar-refractivity contribution in [1.82, 2.24) is 5.06 Å². The molecule has 0 aromatic carbocycles. The largest absolute Gasteiger partial charge is 0.783 e. The number of hydrogen-bond acceptors (Lipinski definition) is 10. The zero-order chi connectivity index (χ0) is 32.1. The lowest BCUT2D eigenvalue weighted by atomic mass is 9.45. The van der Waals surface area contributed by atoms with Gasteiger partial charge in [-0.2, -0.15) is 0 Å². The van der Waals surface area contributed by atoms with E-state index in [1.54, 1.807) is 32.1 Å². The normalized spacial score (nSPS) is 44.4. The van der Waals surface area contributed by atoms with E-state index in [0.717, 1.165) is 10.6 Å². The minimum absolute atomic E-state index is 0.0134. The van der Waals surface area contributed by atoms with Gasteiger partial charge in [-0.15, -0.1) is 33.3 Å². The Bertz CT molecular complexity index is 1450. The van der Waals surface area contributed by atoms with Gasteiger partial charge < -0.3 is 29.0 Å². The number of halogens is 2. The van der Waals surface area contributed by atoms with Crippen LogP contribution in [0.15, 0.2) is 46.6 Å². The highest BCUT2D eigenvalue weighted by Gasteiger charge is 2.81. The molecule has 0 bridgehead atoms. The molecular weight excluding hydrogens is 615 g/mol. The highest BCUT2D eigenvalue weighted by molar-refractivity contribution is 6.26. The van der Waals surface area contributed by atoms with Crippen LogP contribution in [0.25, 0.3) is 0 Å². The van der Waals surface area contributed by atoms with Gasteiger partial charge in [0.15, 0.2) is 17.1 Å². The van der Waals surface area contributed by atoms with Gasteiger partial charge in [-0.3, -0.25) is 4.79 Å². The maximum Gasteiger partial charge on any atom is 0.374 e. The van der Waals surface area contributed by atoms with Crippen LogP contribution in [0, 0.1) is 43.9 Å². The number of alkyl halides is 2. The Kier molecular flexibility index (Phi) is 7.19. The van der Waals surface area contributed by atoms with Crippen LogP contribution in [0.5, 0.6) is 0 Å². The number of esters is 1. The lowest BCUT2D eigenvalue weighted by Gasteiger charge is -2.67. The van der Waals surface area contributed by atoms with E-state index in [1.165, 1.54) is 18.4 Å². The summed E-state index contributed by atoms with van der Waals surface area (Å²) in [5.41, 5.74) is -5.88. The number of allylic oxidation sites excluding steroid dienone is 4. The van der Waals surface area contributed by atoms with Crippen LogP contribution >= 0.6 is 23.2 Å². The fourth-order valence-corrected chi connectivity index (χ4v) is 10.7. The fraction of sp³-hybridized carbons (Fsp3) is 0.677. The van der Waals surface area contributed by atoms with Crippen molar-refractivity contribution in [2.24, 2.45) is 28.6 Å². The Hall–Kier alpha value is -2.44. The molecule has 1 aliphatic heterocycles. The molecule has 2 heterocycles. The molecule has 4 aliphatic carbocycles. The average Bonchev–Trinajstić information content (AvgIpc) is 3.63. The van der Waals surface area contributed by atoms with Crippen LogP contribution in [-0.4, -0.2) is 62.2 Å². The zero-order valence-electron chi connectivity index (χ0n) is 25.3. The highest BCUT2D eigenvalue weighted by atomic mass is 35.5. The SMILES string of the molecule is C[C@@H]1CC2C3CCC4=CC(=O)C=C[C@]4(C)[C@@]3(Cl)[C@@H](O[N+](=O)[O-])C[C@]2(C)[C@@]1(OC(=O)c1ccco1)C1(CCl)OCC(C)(C)N1[O-]. The molecule has 9 atom stereocenters. The summed E-state index contributed by atoms with van der Waals surface area (Å²) in [6, 6.07) is 3.02. The molecule has 1 aromatic heterocycles. The topological polar surface area (TPSA) is 144 Å². The Morgan fingerprint density at radius 1 is 1.25 bits per heavy atom. The first-order valence-corrected chi connectivity index (χ1v) is 15.8. The van der Waals surface area contributed by atoms with Crippen LogP contribution in [-0.2, 0) is 19.1 Å². The number of rotatable bonds is 6. The summed E-state index contributed by atoms with van der Waals surface area (Å²) in [6.45, 7) is 9.14. The molecule has 0 N–H and O–H groups in total. The number of ether oxygens (including phenoxy) is 2. The molecule has 0 radical (unpaired) electrons. The lowest BCUT2D eigenvalue weighted by molar-refractivity contribution is -0.772. The van der Waals surface area contributed by atoms with Crippen molar-refractivity contribution < 1.29 is 33.4 Å². The number of carbonyl (C=O) groups is 2. The van der Waals surface area contributed by atoms with E-state index >= 15 is 0 Å². The van der Waals surface area contributed by atoms with Gasteiger partial charge in [-0.1, -0.05) is 32.4 Å². The van der Waals surface area contributed by atoms with E-state index in [-0.39, 0.29) is 36.4 Å². The number of furan rings is 1. The summed E-state index contributed by atoms with van der Waals surface area (Å²) in [6.07, 6.45) is 6.32. The van der Waals surface area contributed by atoms with Gasteiger partial charge in [-0.25, -0.2) is 4.79 Å². The minimum atomic E-state index is -1.85. The summed E-state index contributed by atoms with van der Waals surface area (Å²) < 4.78 is 18.4. The van der Waals surface area contributed by atoms with Gasteiger partial charge in [0.1, 0.15) is 6.10 Å². The van der Waals surface area contributed by atoms with E-state index in [9.17, 15) is 24.9 Å².